The van der Waals surface area contributed by atoms with Gasteiger partial charge >= 0.3 is 0 Å². The largest absolute Gasteiger partial charge is 0.0610 e. The fraction of sp³-hybridized carbons (Fsp3) is 0.328. The first-order chi connectivity index (χ1) is 56.8. The van der Waals surface area contributed by atoms with Crippen LogP contribution in [0, 0.1) is 0 Å². The van der Waals surface area contributed by atoms with Crippen molar-refractivity contribution in [1.29, 1.82) is 0 Å². The lowest BCUT2D eigenvalue weighted by molar-refractivity contribution is 0.590. The Morgan fingerprint density at radius 3 is 0.303 bits per heavy atom. The molecule has 0 fully saturated rings. The molecule has 14 aromatic rings. The summed E-state index contributed by atoms with van der Waals surface area (Å²) < 4.78 is 0. The van der Waals surface area contributed by atoms with Gasteiger partial charge in [0, 0.05) is 0 Å². The lowest BCUT2D eigenvalue weighted by Gasteiger charge is -2.31. The van der Waals surface area contributed by atoms with Gasteiger partial charge in [0.05, 0.1) is 0 Å². The Bertz CT molecular complexity index is 5470. The molecule has 624 valence electrons. The molecule has 14 rings (SSSR count). The van der Waals surface area contributed by atoms with Crippen molar-refractivity contribution in [3.8, 4) is 134 Å². The Morgan fingerprint density at radius 1 is 0.107 bits per heavy atom. The van der Waals surface area contributed by atoms with Crippen LogP contribution in [0.5, 0.6) is 0 Å². The van der Waals surface area contributed by atoms with Crippen LogP contribution < -0.4 is 0 Å². The predicted octanol–water partition coefficient (Wildman–Crippen LogP) is 35.8. The number of benzene rings is 14. The predicted molar refractivity (Wildman–Crippen MR) is 536 cm³/mol. The highest BCUT2D eigenvalue weighted by Crippen LogP contribution is 2.61. The van der Waals surface area contributed by atoms with E-state index in [1.54, 1.807) is 0 Å². The zero-order chi connectivity index (χ0) is 88.3. The van der Waals surface area contributed by atoms with Crippen molar-refractivity contribution >= 4 is 10.8 Å². The van der Waals surface area contributed by atoms with Gasteiger partial charge < -0.3 is 0 Å². The van der Waals surface area contributed by atoms with Gasteiger partial charge in [-0.05, 0) is 254 Å². The molecule has 0 aliphatic carbocycles. The van der Waals surface area contributed by atoms with Crippen molar-refractivity contribution in [2.45, 2.75) is 262 Å². The normalized spacial score (nSPS) is 13.0. The average molecular weight is 1600 g/mol. The van der Waals surface area contributed by atoms with E-state index < -0.39 is 0 Å². The van der Waals surface area contributed by atoms with E-state index in [1.807, 2.05) is 0 Å². The van der Waals surface area contributed by atoms with Gasteiger partial charge in [0.15, 0.2) is 0 Å². The molecule has 0 aliphatic rings. The summed E-state index contributed by atoms with van der Waals surface area (Å²) in [5, 5.41) is 2.32. The smallest absolute Gasteiger partial charge is 0.000763 e. The maximum atomic E-state index is 2.48. The summed E-state index contributed by atoms with van der Waals surface area (Å²) in [5.41, 5.74) is 40.2. The molecule has 122 heavy (non-hydrogen) atoms. The minimum atomic E-state index is -0.108. The molecule has 14 aromatic carbocycles. The van der Waals surface area contributed by atoms with Gasteiger partial charge in [-0.25, -0.2) is 0 Å². The zero-order valence-electron chi connectivity index (χ0n) is 79.6. The second-order valence-corrected chi connectivity index (χ2v) is 45.5. The first-order valence-electron chi connectivity index (χ1n) is 45.0. The van der Waals surface area contributed by atoms with Gasteiger partial charge in [0.2, 0.25) is 0 Å². The quantitative estimate of drug-likeness (QED) is 0.114. The van der Waals surface area contributed by atoms with Crippen LogP contribution in [0.2, 0.25) is 0 Å². The summed E-state index contributed by atoms with van der Waals surface area (Å²) in [4.78, 5) is 0. The van der Waals surface area contributed by atoms with Crippen LogP contribution in [0.3, 0.4) is 0 Å². The highest BCUT2D eigenvalue weighted by atomic mass is 14.4. The van der Waals surface area contributed by atoms with Crippen LogP contribution >= 0.6 is 0 Å². The molecule has 0 heteroatoms. The summed E-state index contributed by atoms with van der Waals surface area (Å²) in [5.74, 6) is 0. The molecular formula is C122H136. The van der Waals surface area contributed by atoms with Crippen molar-refractivity contribution in [3.63, 3.8) is 0 Å². The number of fused-ring (bicyclic) bond motifs is 1. The Morgan fingerprint density at radius 2 is 0.205 bits per heavy atom. The monoisotopic (exact) mass is 1600 g/mol. The zero-order valence-corrected chi connectivity index (χ0v) is 79.6. The molecule has 0 unspecified atom stereocenters. The van der Waals surface area contributed by atoms with Crippen molar-refractivity contribution in [2.75, 3.05) is 0 Å². The molecule has 0 heterocycles. The number of hydrogen-bond donors (Lipinski definition) is 0. The second-order valence-electron chi connectivity index (χ2n) is 45.5. The fourth-order valence-electron chi connectivity index (χ4n) is 18.0. The standard InChI is InChI=1S/C122H136/c1-113(2,3)87-57-37-77(38-58-87)101-103(79-41-61-89(62-42-79)115(7,8)9)107(83-49-69-93(70-50-83)119(19,20)21)111(108(84-51-71-94(72-52-84)120(22,23)24)104(101)80-43-63-90(64-44-80)116(10,11)12)99-35-31-34-98-97(99)33-32-36-100(98)112-109(85-53-73-95(74-54-85)121(25,26)27)105(81-45-65-91(66-46-81)117(13,14)15)102(78-39-59-88(60-40-78)114(4,5)6)106(82-47-67-92(68-48-82)118(16,17)18)110(112)86-55-75-96(76-56-86)122(28,29)30/h31-76H,1-30H3. The molecule has 0 aliphatic heterocycles. The SMILES string of the molecule is CC(C)(C)c1ccc(-c2c(-c3ccc(C(C)(C)C)cc3)c(-c3ccc(C(C)(C)C)cc3)c(-c3cccc4c(-c5c(-c6ccc(C(C)(C)C)cc6)c(-c6ccc(C(C)(C)C)cc6)c(-c6ccc(C(C)(C)C)cc6)c(-c6ccc(C(C)(C)C)cc6)c5-c5ccc(C(C)(C)C)cc5)cccc34)c(-c3ccc(C(C)(C)C)cc3)c2-c2ccc(C(C)(C)C)cc2)cc1. The lowest BCUT2D eigenvalue weighted by atomic mass is 9.71. The first-order valence-corrected chi connectivity index (χ1v) is 45.0. The van der Waals surface area contributed by atoms with E-state index in [0.717, 1.165) is 66.4 Å². The third-order valence-electron chi connectivity index (χ3n) is 25.9. The number of rotatable bonds is 12. The van der Waals surface area contributed by atoms with Crippen molar-refractivity contribution < 1.29 is 0 Å². The van der Waals surface area contributed by atoms with E-state index in [-0.39, 0.29) is 54.1 Å². The maximum absolute atomic E-state index is 2.48. The van der Waals surface area contributed by atoms with Crippen molar-refractivity contribution in [2.24, 2.45) is 0 Å². The molecule has 0 N–H and O–H groups in total. The maximum Gasteiger partial charge on any atom is -0.000763 e. The Labute approximate surface area is 735 Å². The highest BCUT2D eigenvalue weighted by Gasteiger charge is 2.36. The summed E-state index contributed by atoms with van der Waals surface area (Å²) in [7, 11) is 0. The highest BCUT2D eigenvalue weighted by molar-refractivity contribution is 6.22. The second kappa shape index (κ2) is 31.9. The Hall–Kier alpha value is -10.7. The van der Waals surface area contributed by atoms with E-state index in [1.165, 1.54) is 134 Å². The van der Waals surface area contributed by atoms with Crippen LogP contribution in [0.15, 0.2) is 279 Å². The van der Waals surface area contributed by atoms with Crippen LogP contribution in [-0.2, 0) is 54.1 Å². The lowest BCUT2D eigenvalue weighted by Crippen LogP contribution is -2.12. The molecule has 0 saturated heterocycles. The van der Waals surface area contributed by atoms with Crippen molar-refractivity contribution in [1.82, 2.24) is 0 Å². The molecule has 0 nitrogen and oxygen atoms in total. The molecule has 0 spiro atoms. The minimum Gasteiger partial charge on any atom is -0.0610 e. The van der Waals surface area contributed by atoms with E-state index in [4.69, 9.17) is 0 Å². The van der Waals surface area contributed by atoms with Gasteiger partial charge in [-0.3, -0.25) is 0 Å². The van der Waals surface area contributed by atoms with Gasteiger partial charge in [-0.1, -0.05) is 487 Å². The Balaban J connectivity index is 1.28. The molecule has 0 amide bonds. The van der Waals surface area contributed by atoms with Crippen LogP contribution in [0.4, 0.5) is 0 Å². The molecule has 0 bridgehead atoms. The number of hydrogen-bond acceptors (Lipinski definition) is 0. The Kier molecular flexibility index (Phi) is 22.9. The third-order valence-corrected chi connectivity index (χ3v) is 25.9. The molecular weight excluding hydrogens is 1470 g/mol. The van der Waals surface area contributed by atoms with Crippen LogP contribution in [0.1, 0.15) is 263 Å². The van der Waals surface area contributed by atoms with Gasteiger partial charge in [-0.15, -0.1) is 0 Å². The third kappa shape index (κ3) is 17.7. The summed E-state index contributed by atoms with van der Waals surface area (Å²) in [6.07, 6.45) is 0. The van der Waals surface area contributed by atoms with Crippen molar-refractivity contribution in [3.05, 3.63) is 335 Å². The van der Waals surface area contributed by atoms with Crippen LogP contribution in [0.25, 0.3) is 144 Å². The average Bonchev–Trinajstić information content (AvgIpc) is 0.705. The summed E-state index contributed by atoms with van der Waals surface area (Å²) in [6, 6.07) is 112. The first kappa shape index (κ1) is 87.7. The van der Waals surface area contributed by atoms with E-state index in [0.29, 0.717) is 0 Å². The van der Waals surface area contributed by atoms with Crippen LogP contribution in [-0.4, -0.2) is 0 Å². The van der Waals surface area contributed by atoms with E-state index in [2.05, 4.69) is 487 Å². The van der Waals surface area contributed by atoms with Gasteiger partial charge in [0.25, 0.3) is 0 Å². The minimum absolute atomic E-state index is 0.0823. The molecule has 0 aromatic heterocycles. The summed E-state index contributed by atoms with van der Waals surface area (Å²) >= 11 is 0. The van der Waals surface area contributed by atoms with E-state index >= 15 is 0 Å². The topological polar surface area (TPSA) is 0 Å². The van der Waals surface area contributed by atoms with Gasteiger partial charge in [0.1, 0.15) is 0 Å². The molecule has 0 radical (unpaired) electrons. The molecule has 0 atom stereocenters. The molecule has 0 saturated carbocycles. The fourth-order valence-corrected chi connectivity index (χ4v) is 18.0. The van der Waals surface area contributed by atoms with E-state index in [9.17, 15) is 0 Å². The summed E-state index contributed by atoms with van der Waals surface area (Å²) in [6.45, 7) is 70.2. The van der Waals surface area contributed by atoms with Gasteiger partial charge in [-0.2, -0.15) is 0 Å².